The van der Waals surface area contributed by atoms with Crippen LogP contribution >= 0.6 is 7.82 Å². The Hall–Kier alpha value is -2.06. The maximum atomic E-state index is 13.0. The quantitative estimate of drug-likeness (QED) is 0.0272. The lowest BCUT2D eigenvalue weighted by molar-refractivity contribution is -0.870. The number of aliphatic hydroxyl groups is 1. The van der Waals surface area contributed by atoms with Gasteiger partial charge in [0.1, 0.15) is 13.2 Å². The van der Waals surface area contributed by atoms with Gasteiger partial charge in [-0.1, -0.05) is 337 Å². The number of amides is 1. The number of likely N-dealkylation sites (N-methyl/N-ethyl adjacent to an activating group) is 1. The van der Waals surface area contributed by atoms with Crippen molar-refractivity contribution in [3.63, 3.8) is 0 Å². The van der Waals surface area contributed by atoms with Crippen molar-refractivity contribution in [3.8, 4) is 0 Å². The van der Waals surface area contributed by atoms with Gasteiger partial charge in [-0.25, -0.2) is 0 Å². The second kappa shape index (κ2) is 63.4. The molecule has 0 aliphatic rings. The molecule has 0 aromatic rings. The molecule has 3 atom stereocenters. The smallest absolute Gasteiger partial charge is 0.268 e. The predicted molar refractivity (Wildman–Crippen MR) is 357 cm³/mol. The number of rotatable bonds is 65. The molecule has 0 saturated carbocycles. The number of carbonyl (C=O) groups excluding carboxylic acids is 1. The Morgan fingerprint density at radius 2 is 0.744 bits per heavy atom. The molecule has 3 unspecified atom stereocenters. The molecule has 8 nitrogen and oxygen atoms in total. The van der Waals surface area contributed by atoms with Crippen LogP contribution in [0.3, 0.4) is 0 Å². The number of aliphatic hydroxyl groups excluding tert-OH is 1. The van der Waals surface area contributed by atoms with Crippen molar-refractivity contribution < 1.29 is 32.9 Å². The summed E-state index contributed by atoms with van der Waals surface area (Å²) >= 11 is 0. The van der Waals surface area contributed by atoms with Crippen molar-refractivity contribution >= 4 is 13.7 Å². The Kier molecular flexibility index (Phi) is 61.8. The van der Waals surface area contributed by atoms with Crippen molar-refractivity contribution in [3.05, 3.63) is 72.9 Å². The molecule has 0 aromatic carbocycles. The number of nitrogens with zero attached hydrogens (tertiary/aromatic N) is 1. The number of nitrogens with one attached hydrogen (secondary N) is 1. The van der Waals surface area contributed by atoms with Gasteiger partial charge in [0.25, 0.3) is 7.82 Å². The van der Waals surface area contributed by atoms with Crippen LogP contribution in [0.2, 0.25) is 0 Å². The number of allylic oxidation sites excluding steroid dienone is 11. The molecule has 0 heterocycles. The normalized spacial score (nSPS) is 14.1. The fraction of sp³-hybridized carbons (Fsp3) is 0.822. The molecule has 1 amide bonds. The first-order chi connectivity index (χ1) is 40.0. The summed E-state index contributed by atoms with van der Waals surface area (Å²) in [4.78, 5) is 25.6. The molecular formula is C73H137N2O6P. The van der Waals surface area contributed by atoms with Gasteiger partial charge in [0.2, 0.25) is 5.91 Å². The fourth-order valence-corrected chi connectivity index (χ4v) is 11.2. The molecule has 0 aliphatic carbocycles. The molecule has 0 aliphatic heterocycles. The molecule has 0 fully saturated rings. The lowest BCUT2D eigenvalue weighted by Gasteiger charge is -2.29. The minimum Gasteiger partial charge on any atom is -0.756 e. The predicted octanol–water partition coefficient (Wildman–Crippen LogP) is 21.9. The van der Waals surface area contributed by atoms with E-state index >= 15 is 0 Å². The molecule has 9 heteroatoms. The van der Waals surface area contributed by atoms with Gasteiger partial charge in [0.05, 0.1) is 39.9 Å². The van der Waals surface area contributed by atoms with E-state index in [9.17, 15) is 19.4 Å². The van der Waals surface area contributed by atoms with E-state index in [-0.39, 0.29) is 19.1 Å². The van der Waals surface area contributed by atoms with E-state index in [1.165, 1.54) is 244 Å². The zero-order chi connectivity index (χ0) is 59.8. The maximum Gasteiger partial charge on any atom is 0.268 e. The number of hydrogen-bond acceptors (Lipinski definition) is 6. The summed E-state index contributed by atoms with van der Waals surface area (Å²) < 4.78 is 23.5. The van der Waals surface area contributed by atoms with Gasteiger partial charge in [-0.15, -0.1) is 0 Å². The number of phosphoric ester groups is 1. The van der Waals surface area contributed by atoms with E-state index in [4.69, 9.17) is 9.05 Å². The van der Waals surface area contributed by atoms with Crippen molar-refractivity contribution in [2.45, 2.75) is 347 Å². The van der Waals surface area contributed by atoms with Crippen molar-refractivity contribution in [2.75, 3.05) is 40.9 Å². The standard InChI is InChI=1S/C73H137N2O6P/c1-6-8-10-12-14-16-18-20-22-24-26-28-30-32-34-36-37-39-40-42-44-46-48-50-52-54-56-58-60-62-64-66-72(76)71(70-81-82(78,79)80-69-68-75(3,4)5)74-73(77)67-65-63-61-59-57-55-53-51-49-47-45-43-41-38-35-33-31-29-27-25-23-21-19-17-15-13-11-9-7-2/h9,11,15,17,21,23,27,29,33,35,64,66,71-72,76H,6-8,10,12-14,16,18-20,22,24-26,28,30-32,34,36-63,65,67-70H2,1-5H3,(H-,74,77,78,79)/b11-9-,17-15-,23-21-,29-27-,35-33-,66-64+. The highest BCUT2D eigenvalue weighted by molar-refractivity contribution is 7.45. The third-order valence-corrected chi connectivity index (χ3v) is 16.9. The minimum absolute atomic E-state index is 0.00262. The summed E-state index contributed by atoms with van der Waals surface area (Å²) in [5.41, 5.74) is 0. The number of hydrogen-bond donors (Lipinski definition) is 2. The minimum atomic E-state index is -4.61. The Morgan fingerprint density at radius 3 is 1.09 bits per heavy atom. The number of phosphoric acid groups is 1. The van der Waals surface area contributed by atoms with E-state index in [2.05, 4.69) is 79.9 Å². The topological polar surface area (TPSA) is 108 Å². The molecule has 0 radical (unpaired) electrons. The van der Waals surface area contributed by atoms with E-state index in [1.54, 1.807) is 6.08 Å². The Balaban J connectivity index is 4.07. The molecule has 0 saturated heterocycles. The molecule has 2 N–H and O–H groups in total. The van der Waals surface area contributed by atoms with E-state index in [0.29, 0.717) is 17.4 Å². The first-order valence-corrected chi connectivity index (χ1v) is 36.8. The molecule has 0 bridgehead atoms. The lowest BCUT2D eigenvalue weighted by Crippen LogP contribution is -2.45. The molecule has 0 aromatic heterocycles. The van der Waals surface area contributed by atoms with Crippen LogP contribution in [0.5, 0.6) is 0 Å². The van der Waals surface area contributed by atoms with Gasteiger partial charge in [-0.05, 0) is 64.2 Å². The van der Waals surface area contributed by atoms with Gasteiger partial charge in [0.15, 0.2) is 0 Å². The van der Waals surface area contributed by atoms with E-state index in [0.717, 1.165) is 70.6 Å². The average molecular weight is 1170 g/mol. The van der Waals surface area contributed by atoms with Crippen molar-refractivity contribution in [2.24, 2.45) is 0 Å². The summed E-state index contributed by atoms with van der Waals surface area (Å²) in [6, 6.07) is -0.892. The summed E-state index contributed by atoms with van der Waals surface area (Å²) in [5.74, 6) is -0.196. The molecule has 0 rings (SSSR count). The Morgan fingerprint density at radius 1 is 0.439 bits per heavy atom. The lowest BCUT2D eigenvalue weighted by atomic mass is 10.0. The highest BCUT2D eigenvalue weighted by Gasteiger charge is 2.23. The average Bonchev–Trinajstić information content (AvgIpc) is 3.47. The van der Waals surface area contributed by atoms with Gasteiger partial charge >= 0.3 is 0 Å². The van der Waals surface area contributed by atoms with Gasteiger partial charge in [0, 0.05) is 6.42 Å². The summed E-state index contributed by atoms with van der Waals surface area (Å²) in [6.07, 6.45) is 88.8. The third kappa shape index (κ3) is 65.5. The number of quaternary nitrogens is 1. The van der Waals surface area contributed by atoms with Crippen LogP contribution in [0.1, 0.15) is 335 Å². The van der Waals surface area contributed by atoms with Crippen molar-refractivity contribution in [1.82, 2.24) is 5.32 Å². The zero-order valence-electron chi connectivity index (χ0n) is 54.9. The second-order valence-corrected chi connectivity index (χ2v) is 26.6. The zero-order valence-corrected chi connectivity index (χ0v) is 55.8. The van der Waals surface area contributed by atoms with E-state index in [1.807, 2.05) is 27.2 Å². The molecule has 0 spiro atoms. The van der Waals surface area contributed by atoms with Gasteiger partial charge < -0.3 is 28.8 Å². The van der Waals surface area contributed by atoms with Crippen LogP contribution in [0.15, 0.2) is 72.9 Å². The Bertz CT molecular complexity index is 1570. The highest BCUT2D eigenvalue weighted by atomic mass is 31.2. The van der Waals surface area contributed by atoms with Crippen LogP contribution in [0, 0.1) is 0 Å². The number of unbranched alkanes of at least 4 members (excludes halogenated alkanes) is 42. The fourth-order valence-electron chi connectivity index (χ4n) is 10.5. The SMILES string of the molecule is CC/C=C\C/C=C\C/C=C\C/C=C\C/C=C\CCCCCCCCCCCCCCCC(=O)NC(COP(=O)([O-])OCC[N+](C)(C)C)C(O)/C=C/CCCCCCCCCCCCCCCCCCCCCCCCCCCCCCC. The highest BCUT2D eigenvalue weighted by Crippen LogP contribution is 2.38. The van der Waals surface area contributed by atoms with Gasteiger partial charge in [-0.3, -0.25) is 9.36 Å². The molecule has 82 heavy (non-hydrogen) atoms. The second-order valence-electron chi connectivity index (χ2n) is 25.2. The van der Waals surface area contributed by atoms with Crippen LogP contribution in [0.4, 0.5) is 0 Å². The monoisotopic (exact) mass is 1170 g/mol. The first-order valence-electron chi connectivity index (χ1n) is 35.3. The third-order valence-electron chi connectivity index (χ3n) is 15.9. The number of carbonyl (C=O) groups is 1. The van der Waals surface area contributed by atoms with E-state index < -0.39 is 20.0 Å². The molecule has 480 valence electrons. The van der Waals surface area contributed by atoms with Crippen LogP contribution in [0.25, 0.3) is 0 Å². The van der Waals surface area contributed by atoms with Crippen molar-refractivity contribution in [1.29, 1.82) is 0 Å². The Labute approximate surface area is 510 Å². The van der Waals surface area contributed by atoms with Crippen LogP contribution in [-0.4, -0.2) is 68.5 Å². The largest absolute Gasteiger partial charge is 0.756 e. The first kappa shape index (κ1) is 79.9. The maximum absolute atomic E-state index is 13.0. The summed E-state index contributed by atoms with van der Waals surface area (Å²) in [5, 5.41) is 14.0. The van der Waals surface area contributed by atoms with Crippen LogP contribution < -0.4 is 10.2 Å². The summed E-state index contributed by atoms with van der Waals surface area (Å²) in [7, 11) is 1.27. The molecular weight excluding hydrogens is 1030 g/mol. The van der Waals surface area contributed by atoms with Gasteiger partial charge in [-0.2, -0.15) is 0 Å². The summed E-state index contributed by atoms with van der Waals surface area (Å²) in [6.45, 7) is 4.58. The van der Waals surface area contributed by atoms with Crippen LogP contribution in [-0.2, 0) is 18.4 Å².